The molecule has 2 N–H and O–H groups in total. The zero-order chi connectivity index (χ0) is 21.6. The molecule has 0 saturated heterocycles. The first-order valence-electron chi connectivity index (χ1n) is 8.91. The van der Waals surface area contributed by atoms with Crippen molar-refractivity contribution in [3.63, 3.8) is 0 Å². The van der Waals surface area contributed by atoms with Crippen LogP contribution >= 0.6 is 27.5 Å². The summed E-state index contributed by atoms with van der Waals surface area (Å²) < 4.78 is 6.39. The molecule has 0 radical (unpaired) electrons. The maximum atomic E-state index is 12.4. The van der Waals surface area contributed by atoms with E-state index in [1.807, 2.05) is 26.8 Å². The number of allylic oxidation sites excluding steroid dienone is 1. The van der Waals surface area contributed by atoms with Gasteiger partial charge in [0.2, 0.25) is 0 Å². The van der Waals surface area contributed by atoms with E-state index in [0.29, 0.717) is 22.1 Å². The maximum absolute atomic E-state index is 12.4. The molecule has 0 atom stereocenters. The van der Waals surface area contributed by atoms with Crippen LogP contribution in [-0.2, 0) is 0 Å². The molecule has 0 saturated carbocycles. The largest absolute Gasteiger partial charge is 0.496 e. The number of anilines is 2. The van der Waals surface area contributed by atoms with Crippen LogP contribution in [0.25, 0.3) is 5.70 Å². The Hall–Kier alpha value is -2.51. The molecule has 6 nitrogen and oxygen atoms in total. The van der Waals surface area contributed by atoms with Crippen molar-refractivity contribution in [2.24, 2.45) is 5.10 Å². The van der Waals surface area contributed by atoms with Gasteiger partial charge in [-0.15, -0.1) is 0 Å². The first-order valence-corrected chi connectivity index (χ1v) is 10.1. The van der Waals surface area contributed by atoms with Crippen LogP contribution in [0, 0.1) is 0 Å². The summed E-state index contributed by atoms with van der Waals surface area (Å²) in [7, 11) is 1.60. The Labute approximate surface area is 184 Å². The Kier molecular flexibility index (Phi) is 8.10. The minimum Gasteiger partial charge on any atom is -0.496 e. The van der Waals surface area contributed by atoms with E-state index < -0.39 is 0 Å². The monoisotopic (exact) mass is 478 g/mol. The number of ether oxygens (including phenoxy) is 1. The molecule has 0 aromatic heterocycles. The molecular formula is C21H24BrClN4O2. The van der Waals surface area contributed by atoms with Crippen LogP contribution in [0.15, 0.2) is 52.0 Å². The van der Waals surface area contributed by atoms with Crippen LogP contribution in [0.1, 0.15) is 26.3 Å². The maximum Gasteiger partial charge on any atom is 0.323 e. The summed E-state index contributed by atoms with van der Waals surface area (Å²) >= 11 is 9.43. The van der Waals surface area contributed by atoms with Crippen molar-refractivity contribution in [2.75, 3.05) is 17.7 Å². The second-order valence-electron chi connectivity index (χ2n) is 6.46. The Morgan fingerprint density at radius 2 is 1.76 bits per heavy atom. The second kappa shape index (κ2) is 10.3. The minimum absolute atomic E-state index is 0.0736. The summed E-state index contributed by atoms with van der Waals surface area (Å²) in [6.45, 7) is 9.63. The van der Waals surface area contributed by atoms with Gasteiger partial charge in [-0.05, 0) is 63.2 Å². The van der Waals surface area contributed by atoms with Gasteiger partial charge >= 0.3 is 6.03 Å². The Morgan fingerprint density at radius 3 is 2.28 bits per heavy atom. The van der Waals surface area contributed by atoms with Crippen LogP contribution in [0.4, 0.5) is 16.2 Å². The van der Waals surface area contributed by atoms with Crippen LogP contribution in [0.5, 0.6) is 5.75 Å². The van der Waals surface area contributed by atoms with E-state index in [2.05, 4.69) is 38.4 Å². The van der Waals surface area contributed by atoms with Gasteiger partial charge in [0.1, 0.15) is 5.75 Å². The average molecular weight is 480 g/mol. The molecule has 2 rings (SSSR count). The summed E-state index contributed by atoms with van der Waals surface area (Å²) in [4.78, 5) is 12.4. The van der Waals surface area contributed by atoms with E-state index in [4.69, 9.17) is 16.3 Å². The minimum atomic E-state index is -0.368. The number of hydrogen-bond donors (Lipinski definition) is 2. The molecule has 8 heteroatoms. The molecule has 0 aliphatic carbocycles. The number of rotatable bonds is 7. The zero-order valence-corrected chi connectivity index (χ0v) is 19.1. The number of carbonyl (C=O) groups is 1. The number of methoxy groups -OCH3 is 1. The van der Waals surface area contributed by atoms with Crippen LogP contribution in [0.3, 0.4) is 0 Å². The Morgan fingerprint density at radius 1 is 1.17 bits per heavy atom. The van der Waals surface area contributed by atoms with Crippen molar-refractivity contribution in [2.45, 2.75) is 26.8 Å². The lowest BCUT2D eigenvalue weighted by Gasteiger charge is -2.28. The van der Waals surface area contributed by atoms with Crippen LogP contribution in [0.2, 0.25) is 5.02 Å². The molecule has 0 bridgehead atoms. The number of urea groups is 1. The van der Waals surface area contributed by atoms with Gasteiger partial charge in [-0.25, -0.2) is 4.79 Å². The highest BCUT2D eigenvalue weighted by atomic mass is 79.9. The zero-order valence-electron chi connectivity index (χ0n) is 16.8. The third kappa shape index (κ3) is 5.98. The van der Waals surface area contributed by atoms with Gasteiger partial charge in [0.25, 0.3) is 0 Å². The van der Waals surface area contributed by atoms with Gasteiger partial charge in [-0.2, -0.15) is 5.10 Å². The van der Waals surface area contributed by atoms with E-state index in [1.165, 1.54) is 0 Å². The summed E-state index contributed by atoms with van der Waals surface area (Å²) in [5.74, 6) is 0.650. The molecule has 2 aromatic rings. The number of carbonyl (C=O) groups excluding carboxylic acids is 1. The molecule has 154 valence electrons. The quantitative estimate of drug-likeness (QED) is 0.356. The molecule has 0 heterocycles. The highest BCUT2D eigenvalue weighted by molar-refractivity contribution is 9.11. The van der Waals surface area contributed by atoms with Gasteiger partial charge in [-0.3, -0.25) is 5.01 Å². The van der Waals surface area contributed by atoms with Crippen molar-refractivity contribution in [1.82, 2.24) is 5.01 Å². The van der Waals surface area contributed by atoms with Gasteiger partial charge in [0.05, 0.1) is 12.8 Å². The number of nitrogens with one attached hydrogen (secondary N) is 2. The van der Waals surface area contributed by atoms with Crippen molar-refractivity contribution in [3.05, 3.63) is 57.5 Å². The van der Waals surface area contributed by atoms with E-state index in [-0.39, 0.29) is 12.1 Å². The molecule has 29 heavy (non-hydrogen) atoms. The first kappa shape index (κ1) is 22.8. The number of halogens is 2. The number of hydrogen-bond acceptors (Lipinski definition) is 4. The fourth-order valence-electron chi connectivity index (χ4n) is 2.76. The smallest absolute Gasteiger partial charge is 0.323 e. The van der Waals surface area contributed by atoms with E-state index in [9.17, 15) is 4.79 Å². The number of nitrogens with zero attached hydrogens (tertiary/aromatic N) is 2. The Bertz CT molecular complexity index is 909. The van der Waals surface area contributed by atoms with E-state index in [0.717, 1.165) is 15.7 Å². The summed E-state index contributed by atoms with van der Waals surface area (Å²) in [5, 5.41) is 12.1. The summed E-state index contributed by atoms with van der Waals surface area (Å²) in [6, 6.07) is 12.0. The van der Waals surface area contributed by atoms with Gasteiger partial charge in [0, 0.05) is 39.2 Å². The molecule has 0 aliphatic rings. The highest BCUT2D eigenvalue weighted by Gasteiger charge is 2.20. The van der Waals surface area contributed by atoms with Gasteiger partial charge in [-0.1, -0.05) is 27.5 Å². The lowest BCUT2D eigenvalue weighted by atomic mass is 10.1. The fourth-order valence-corrected chi connectivity index (χ4v) is 3.28. The van der Waals surface area contributed by atoms with Crippen LogP contribution in [-0.4, -0.2) is 30.9 Å². The molecule has 2 amide bonds. The highest BCUT2D eigenvalue weighted by Crippen LogP contribution is 2.36. The third-order valence-electron chi connectivity index (χ3n) is 4.01. The molecule has 0 unspecified atom stereocenters. The standard InChI is InChI=1S/C21H24BrClN4O2/c1-13(2)27(24-4)20(14(3)22)18-12-17(10-11-19(18)29-5)26-21(28)25-16-8-6-15(23)7-9-16/h6-13H,4H2,1-3,5H3,(H2,25,26,28)/b20-14+. The lowest BCUT2D eigenvalue weighted by molar-refractivity contribution is 0.262. The second-order valence-corrected chi connectivity index (χ2v) is 8.09. The summed E-state index contributed by atoms with van der Waals surface area (Å²) in [5.41, 5.74) is 2.81. The molecule has 2 aromatic carbocycles. The first-order chi connectivity index (χ1) is 13.8. The van der Waals surface area contributed by atoms with Crippen molar-refractivity contribution in [3.8, 4) is 5.75 Å². The van der Waals surface area contributed by atoms with E-state index in [1.54, 1.807) is 48.5 Å². The van der Waals surface area contributed by atoms with Crippen molar-refractivity contribution >= 4 is 57.4 Å². The SMILES string of the molecule is C=NN(/C(=C(\C)Br)c1cc(NC(=O)Nc2ccc(Cl)cc2)ccc1OC)C(C)C. The van der Waals surface area contributed by atoms with Gasteiger partial charge in [0.15, 0.2) is 0 Å². The number of amides is 2. The molecule has 0 aliphatic heterocycles. The third-order valence-corrected chi connectivity index (χ3v) is 4.64. The average Bonchev–Trinajstić information content (AvgIpc) is 2.67. The number of hydrazone groups is 1. The van der Waals surface area contributed by atoms with E-state index >= 15 is 0 Å². The normalized spacial score (nSPS) is 11.6. The van der Waals surface area contributed by atoms with Crippen LogP contribution < -0.4 is 15.4 Å². The lowest BCUT2D eigenvalue weighted by Crippen LogP contribution is -2.24. The molecule has 0 fully saturated rings. The number of benzene rings is 2. The molecule has 0 spiro atoms. The molecular weight excluding hydrogens is 456 g/mol. The predicted molar refractivity (Wildman–Crippen MR) is 125 cm³/mol. The Balaban J connectivity index is 2.34. The van der Waals surface area contributed by atoms with Gasteiger partial charge < -0.3 is 15.4 Å². The van der Waals surface area contributed by atoms with Crippen molar-refractivity contribution in [1.29, 1.82) is 0 Å². The summed E-state index contributed by atoms with van der Waals surface area (Å²) in [6.07, 6.45) is 0. The topological polar surface area (TPSA) is 66.0 Å². The van der Waals surface area contributed by atoms with Crippen molar-refractivity contribution < 1.29 is 9.53 Å². The fraction of sp³-hybridized carbons (Fsp3) is 0.238. The predicted octanol–water partition coefficient (Wildman–Crippen LogP) is 6.40.